The van der Waals surface area contributed by atoms with Crippen LogP contribution in [0.2, 0.25) is 0 Å². The van der Waals surface area contributed by atoms with E-state index in [1.807, 2.05) is 0 Å². The molecule has 2 aromatic heterocycles. The molecule has 0 saturated heterocycles. The fourth-order valence-electron chi connectivity index (χ4n) is 1.70. The Bertz CT molecular complexity index is 856. The molecule has 0 atom stereocenters. The van der Waals surface area contributed by atoms with E-state index in [1.165, 1.54) is 30.7 Å². The van der Waals surface area contributed by atoms with E-state index in [-0.39, 0.29) is 10.8 Å². The van der Waals surface area contributed by atoms with Gasteiger partial charge in [-0.25, -0.2) is 17.5 Å². The topological polar surface area (TPSA) is 85.3 Å². The minimum atomic E-state index is -3.94. The Morgan fingerprint density at radius 1 is 1.19 bits per heavy atom. The van der Waals surface area contributed by atoms with Crippen molar-refractivity contribution >= 4 is 15.9 Å². The number of benzene rings is 1. The van der Waals surface area contributed by atoms with E-state index >= 15 is 0 Å². The summed E-state index contributed by atoms with van der Waals surface area (Å²) in [5.41, 5.74) is 1.07. The standard InChI is InChI=1S/C13H9FN2O4S/c14-10-2-1-3-11(6-10)21(17,18)16-13-7-12(15-20-13)9-4-5-19-8-9/h1-8,16H. The van der Waals surface area contributed by atoms with Crippen LogP contribution in [0.25, 0.3) is 11.3 Å². The molecular formula is C13H9FN2O4S. The maximum Gasteiger partial charge on any atom is 0.264 e. The molecular weight excluding hydrogens is 299 g/mol. The molecule has 108 valence electrons. The summed E-state index contributed by atoms with van der Waals surface area (Å²) < 4.78 is 49.2. The zero-order valence-electron chi connectivity index (χ0n) is 10.5. The lowest BCUT2D eigenvalue weighted by atomic mass is 10.2. The third kappa shape index (κ3) is 2.79. The summed E-state index contributed by atoms with van der Waals surface area (Å²) in [5, 5.41) is 3.72. The second-order valence-electron chi connectivity index (χ2n) is 4.15. The lowest BCUT2D eigenvalue weighted by molar-refractivity contribution is 0.438. The van der Waals surface area contributed by atoms with E-state index in [0.29, 0.717) is 11.3 Å². The molecule has 3 aromatic rings. The van der Waals surface area contributed by atoms with Gasteiger partial charge < -0.3 is 8.94 Å². The van der Waals surface area contributed by atoms with E-state index in [1.54, 1.807) is 6.07 Å². The van der Waals surface area contributed by atoms with E-state index in [9.17, 15) is 12.8 Å². The first-order chi connectivity index (χ1) is 10.0. The Balaban J connectivity index is 1.86. The number of furan rings is 1. The zero-order valence-corrected chi connectivity index (χ0v) is 11.3. The van der Waals surface area contributed by atoms with Gasteiger partial charge in [-0.05, 0) is 24.3 Å². The summed E-state index contributed by atoms with van der Waals surface area (Å²) in [6.45, 7) is 0. The lowest BCUT2D eigenvalue weighted by Gasteiger charge is -2.04. The SMILES string of the molecule is O=S(=O)(Nc1cc(-c2ccoc2)no1)c1cccc(F)c1. The van der Waals surface area contributed by atoms with Crippen LogP contribution >= 0.6 is 0 Å². The average Bonchev–Trinajstić information content (AvgIpc) is 3.08. The first-order valence-corrected chi connectivity index (χ1v) is 7.30. The van der Waals surface area contributed by atoms with Crippen molar-refractivity contribution in [1.29, 1.82) is 0 Å². The van der Waals surface area contributed by atoms with Gasteiger partial charge in [0.2, 0.25) is 5.88 Å². The molecule has 0 unspecified atom stereocenters. The van der Waals surface area contributed by atoms with Gasteiger partial charge in [-0.1, -0.05) is 11.2 Å². The first-order valence-electron chi connectivity index (χ1n) is 5.82. The summed E-state index contributed by atoms with van der Waals surface area (Å²) in [7, 11) is -3.94. The number of hydrogen-bond donors (Lipinski definition) is 1. The smallest absolute Gasteiger partial charge is 0.264 e. The molecule has 8 heteroatoms. The summed E-state index contributed by atoms with van der Waals surface area (Å²) >= 11 is 0. The van der Waals surface area contributed by atoms with Gasteiger partial charge in [-0.15, -0.1) is 0 Å². The minimum absolute atomic E-state index is 0.0736. The fourth-order valence-corrected chi connectivity index (χ4v) is 2.70. The normalized spacial score (nSPS) is 11.5. The van der Waals surface area contributed by atoms with Crippen molar-refractivity contribution in [3.8, 4) is 11.3 Å². The highest BCUT2D eigenvalue weighted by atomic mass is 32.2. The third-order valence-electron chi connectivity index (χ3n) is 2.67. The highest BCUT2D eigenvalue weighted by Gasteiger charge is 2.18. The number of aromatic nitrogens is 1. The number of nitrogens with one attached hydrogen (secondary N) is 1. The molecule has 0 amide bonds. The molecule has 0 bridgehead atoms. The summed E-state index contributed by atoms with van der Waals surface area (Å²) in [4.78, 5) is -0.205. The highest BCUT2D eigenvalue weighted by Crippen LogP contribution is 2.24. The van der Waals surface area contributed by atoms with Gasteiger partial charge in [0.05, 0.1) is 17.4 Å². The van der Waals surface area contributed by atoms with Crippen LogP contribution in [0.1, 0.15) is 0 Å². The highest BCUT2D eigenvalue weighted by molar-refractivity contribution is 7.92. The van der Waals surface area contributed by atoms with E-state index < -0.39 is 15.8 Å². The zero-order chi connectivity index (χ0) is 14.9. The summed E-state index contributed by atoms with van der Waals surface area (Å²) in [5.74, 6) is -0.718. The molecule has 1 aromatic carbocycles. The first kappa shape index (κ1) is 13.4. The Labute approximate surface area is 119 Å². The van der Waals surface area contributed by atoms with Gasteiger partial charge in [0.1, 0.15) is 11.5 Å². The molecule has 21 heavy (non-hydrogen) atoms. The van der Waals surface area contributed by atoms with Gasteiger partial charge in [0.15, 0.2) is 0 Å². The van der Waals surface area contributed by atoms with Gasteiger partial charge in [0.25, 0.3) is 10.0 Å². The Morgan fingerprint density at radius 2 is 2.05 bits per heavy atom. The molecule has 0 aliphatic carbocycles. The third-order valence-corrected chi connectivity index (χ3v) is 4.01. The van der Waals surface area contributed by atoms with Crippen molar-refractivity contribution in [3.63, 3.8) is 0 Å². The monoisotopic (exact) mass is 308 g/mol. The second kappa shape index (κ2) is 5.06. The Kier molecular flexibility index (Phi) is 3.22. The molecule has 0 radical (unpaired) electrons. The maximum atomic E-state index is 13.1. The van der Waals surface area contributed by atoms with Crippen LogP contribution in [0.15, 0.2) is 62.8 Å². The Morgan fingerprint density at radius 3 is 2.76 bits per heavy atom. The molecule has 0 saturated carbocycles. The van der Waals surface area contributed by atoms with Crippen molar-refractivity contribution in [2.45, 2.75) is 4.90 Å². The largest absolute Gasteiger partial charge is 0.472 e. The van der Waals surface area contributed by atoms with Crippen molar-refractivity contribution in [2.24, 2.45) is 0 Å². The van der Waals surface area contributed by atoms with Crippen molar-refractivity contribution < 1.29 is 21.7 Å². The quantitative estimate of drug-likeness (QED) is 0.801. The van der Waals surface area contributed by atoms with Crippen LogP contribution in [0, 0.1) is 5.82 Å². The van der Waals surface area contributed by atoms with Crippen LogP contribution in [0.4, 0.5) is 10.3 Å². The molecule has 0 aliphatic heterocycles. The number of anilines is 1. The fraction of sp³-hybridized carbons (Fsp3) is 0. The second-order valence-corrected chi connectivity index (χ2v) is 5.83. The molecule has 3 rings (SSSR count). The van der Waals surface area contributed by atoms with Gasteiger partial charge >= 0.3 is 0 Å². The minimum Gasteiger partial charge on any atom is -0.472 e. The van der Waals surface area contributed by atoms with Crippen LogP contribution in [0.5, 0.6) is 0 Å². The van der Waals surface area contributed by atoms with Crippen molar-refractivity contribution in [1.82, 2.24) is 5.16 Å². The van der Waals surface area contributed by atoms with E-state index in [0.717, 1.165) is 12.1 Å². The van der Waals surface area contributed by atoms with Crippen LogP contribution in [0.3, 0.4) is 0 Å². The number of halogens is 1. The van der Waals surface area contributed by atoms with Gasteiger partial charge in [-0.2, -0.15) is 0 Å². The predicted octanol–water partition coefficient (Wildman–Crippen LogP) is 2.87. The molecule has 2 heterocycles. The number of rotatable bonds is 4. The molecule has 0 spiro atoms. The van der Waals surface area contributed by atoms with Crippen molar-refractivity contribution in [2.75, 3.05) is 4.72 Å². The predicted molar refractivity (Wildman–Crippen MR) is 71.4 cm³/mol. The Hall–Kier alpha value is -2.61. The van der Waals surface area contributed by atoms with Crippen LogP contribution in [-0.4, -0.2) is 13.6 Å². The molecule has 6 nitrogen and oxygen atoms in total. The number of hydrogen-bond acceptors (Lipinski definition) is 5. The van der Waals surface area contributed by atoms with Gasteiger partial charge in [0, 0.05) is 11.6 Å². The number of sulfonamides is 1. The van der Waals surface area contributed by atoms with Gasteiger partial charge in [-0.3, -0.25) is 0 Å². The average molecular weight is 308 g/mol. The van der Waals surface area contributed by atoms with Crippen molar-refractivity contribution in [3.05, 3.63) is 54.7 Å². The number of nitrogens with zero attached hydrogens (tertiary/aromatic N) is 1. The van der Waals surface area contributed by atoms with E-state index in [4.69, 9.17) is 8.94 Å². The van der Waals surface area contributed by atoms with Crippen LogP contribution < -0.4 is 4.72 Å². The van der Waals surface area contributed by atoms with Crippen LogP contribution in [-0.2, 0) is 10.0 Å². The molecule has 1 N–H and O–H groups in total. The maximum absolute atomic E-state index is 13.1. The summed E-state index contributed by atoms with van der Waals surface area (Å²) in [6, 6.07) is 7.71. The van der Waals surface area contributed by atoms with E-state index in [2.05, 4.69) is 9.88 Å². The summed E-state index contributed by atoms with van der Waals surface area (Å²) in [6.07, 6.45) is 2.91. The molecule has 0 fully saturated rings. The lowest BCUT2D eigenvalue weighted by Crippen LogP contribution is -2.12. The molecule has 0 aliphatic rings.